The number of benzene rings is 1. The Hall–Kier alpha value is -3.95. The summed E-state index contributed by atoms with van der Waals surface area (Å²) in [7, 11) is 0. The van der Waals surface area contributed by atoms with Gasteiger partial charge in [0, 0.05) is 24.1 Å². The minimum absolute atomic E-state index is 0.111. The Kier molecular flexibility index (Phi) is 5.29. The van der Waals surface area contributed by atoms with E-state index in [0.717, 1.165) is 23.5 Å². The van der Waals surface area contributed by atoms with Gasteiger partial charge in [-0.05, 0) is 38.5 Å². The summed E-state index contributed by atoms with van der Waals surface area (Å²) in [4.78, 5) is 32.3. The summed E-state index contributed by atoms with van der Waals surface area (Å²) < 4.78 is 21.3. The number of hydrogen-bond donors (Lipinski definition) is 0. The number of Topliss-reactive ketones (excluding diaryl/α,β-unsaturated/α-hetero) is 1. The molecule has 4 aromatic rings. The van der Waals surface area contributed by atoms with E-state index in [-0.39, 0.29) is 24.0 Å². The zero-order valence-corrected chi connectivity index (χ0v) is 18.0. The SMILES string of the molecule is CC(=O)c1nn(CC(=O)OC(C)(C)C)c2ccc(-c3cnn(-c4ncc(F)cn4)c3)cc12. The first-order chi connectivity index (χ1) is 15.1. The standard InChI is InChI=1S/C22H21FN6O3/c1-13(30)20-17-7-14(15-8-26-29(11-15)21-24-9-16(23)10-25-21)5-6-18(17)28(27-20)12-19(31)32-22(2,3)4/h5-11H,12H2,1-4H3. The molecule has 0 unspecified atom stereocenters. The third-order valence-corrected chi connectivity index (χ3v) is 4.51. The summed E-state index contributed by atoms with van der Waals surface area (Å²) in [6, 6.07) is 5.45. The van der Waals surface area contributed by atoms with Gasteiger partial charge in [-0.15, -0.1) is 0 Å². The molecule has 0 fully saturated rings. The number of ketones is 1. The van der Waals surface area contributed by atoms with Crippen LogP contribution in [0.4, 0.5) is 4.39 Å². The molecule has 0 aliphatic carbocycles. The van der Waals surface area contributed by atoms with E-state index in [4.69, 9.17) is 4.74 Å². The number of esters is 1. The summed E-state index contributed by atoms with van der Waals surface area (Å²) in [5.41, 5.74) is 1.81. The van der Waals surface area contributed by atoms with E-state index in [2.05, 4.69) is 20.2 Å². The van der Waals surface area contributed by atoms with Crippen LogP contribution in [0.2, 0.25) is 0 Å². The molecule has 0 radical (unpaired) electrons. The Labute approximate surface area is 182 Å². The molecule has 1 aromatic carbocycles. The predicted octanol–water partition coefficient (Wildman–Crippen LogP) is 3.36. The van der Waals surface area contributed by atoms with Crippen LogP contribution in [0.25, 0.3) is 28.0 Å². The Morgan fingerprint density at radius 2 is 1.81 bits per heavy atom. The molecule has 0 spiro atoms. The lowest BCUT2D eigenvalue weighted by Gasteiger charge is -2.19. The molecule has 0 aliphatic rings. The zero-order chi connectivity index (χ0) is 23.0. The maximum Gasteiger partial charge on any atom is 0.328 e. The monoisotopic (exact) mass is 436 g/mol. The van der Waals surface area contributed by atoms with Gasteiger partial charge < -0.3 is 4.74 Å². The lowest BCUT2D eigenvalue weighted by molar-refractivity contribution is -0.155. The van der Waals surface area contributed by atoms with E-state index in [1.54, 1.807) is 39.2 Å². The minimum Gasteiger partial charge on any atom is -0.459 e. The van der Waals surface area contributed by atoms with Gasteiger partial charge in [-0.25, -0.2) is 19.0 Å². The fourth-order valence-electron chi connectivity index (χ4n) is 3.24. The highest BCUT2D eigenvalue weighted by Crippen LogP contribution is 2.27. The van der Waals surface area contributed by atoms with Crippen LogP contribution in [-0.2, 0) is 16.1 Å². The summed E-state index contributed by atoms with van der Waals surface area (Å²) in [6.07, 6.45) is 5.45. The van der Waals surface area contributed by atoms with Gasteiger partial charge in [0.25, 0.3) is 5.95 Å². The third-order valence-electron chi connectivity index (χ3n) is 4.51. The van der Waals surface area contributed by atoms with Gasteiger partial charge in [0.05, 0.1) is 24.1 Å². The molecule has 0 atom stereocenters. The quantitative estimate of drug-likeness (QED) is 0.349. The maximum atomic E-state index is 13.1. The average molecular weight is 436 g/mol. The van der Waals surface area contributed by atoms with Crippen molar-refractivity contribution in [2.75, 3.05) is 0 Å². The van der Waals surface area contributed by atoms with Gasteiger partial charge in [-0.1, -0.05) is 6.07 Å². The highest BCUT2D eigenvalue weighted by Gasteiger charge is 2.21. The van der Waals surface area contributed by atoms with Gasteiger partial charge >= 0.3 is 5.97 Å². The second kappa shape index (κ2) is 7.95. The summed E-state index contributed by atoms with van der Waals surface area (Å²) in [6.45, 7) is 6.68. The molecule has 0 saturated heterocycles. The highest BCUT2D eigenvalue weighted by atomic mass is 19.1. The number of carbonyl (C=O) groups excluding carboxylic acids is 2. The Balaban J connectivity index is 1.70. The van der Waals surface area contributed by atoms with Crippen LogP contribution in [0.1, 0.15) is 38.2 Å². The first-order valence-electron chi connectivity index (χ1n) is 9.87. The lowest BCUT2D eigenvalue weighted by atomic mass is 10.1. The molecule has 3 heterocycles. The molecule has 9 nitrogen and oxygen atoms in total. The van der Waals surface area contributed by atoms with E-state index in [1.165, 1.54) is 16.3 Å². The molecular formula is C22H21FN6O3. The van der Waals surface area contributed by atoms with E-state index < -0.39 is 17.4 Å². The van der Waals surface area contributed by atoms with Crippen LogP contribution in [0.5, 0.6) is 0 Å². The van der Waals surface area contributed by atoms with Gasteiger partial charge in [-0.3, -0.25) is 14.3 Å². The molecule has 0 aliphatic heterocycles. The lowest BCUT2D eigenvalue weighted by Crippen LogP contribution is -2.26. The van der Waals surface area contributed by atoms with Crippen LogP contribution in [0.3, 0.4) is 0 Å². The molecule has 164 valence electrons. The first-order valence-corrected chi connectivity index (χ1v) is 9.87. The van der Waals surface area contributed by atoms with Crippen molar-refractivity contribution in [3.63, 3.8) is 0 Å². The number of aromatic nitrogens is 6. The normalized spacial score (nSPS) is 11.7. The van der Waals surface area contributed by atoms with E-state index in [1.807, 2.05) is 12.1 Å². The van der Waals surface area contributed by atoms with E-state index in [0.29, 0.717) is 10.9 Å². The topological polar surface area (TPSA) is 105 Å². The van der Waals surface area contributed by atoms with Crippen molar-refractivity contribution in [3.05, 3.63) is 54.5 Å². The Bertz CT molecular complexity index is 1320. The van der Waals surface area contributed by atoms with Gasteiger partial charge in [0.1, 0.15) is 17.8 Å². The fourth-order valence-corrected chi connectivity index (χ4v) is 3.24. The van der Waals surface area contributed by atoms with Crippen LogP contribution < -0.4 is 0 Å². The number of rotatable bonds is 5. The van der Waals surface area contributed by atoms with Gasteiger partial charge in [0.2, 0.25) is 0 Å². The minimum atomic E-state index is -0.620. The molecule has 0 bridgehead atoms. The van der Waals surface area contributed by atoms with Crippen molar-refractivity contribution in [1.82, 2.24) is 29.5 Å². The summed E-state index contributed by atoms with van der Waals surface area (Å²) in [5, 5.41) is 9.19. The van der Waals surface area contributed by atoms with Crippen molar-refractivity contribution < 1.29 is 18.7 Å². The molecule has 32 heavy (non-hydrogen) atoms. The second-order valence-corrected chi connectivity index (χ2v) is 8.26. The van der Waals surface area contributed by atoms with Crippen molar-refractivity contribution in [1.29, 1.82) is 0 Å². The van der Waals surface area contributed by atoms with Crippen LogP contribution in [0.15, 0.2) is 43.0 Å². The number of hydrogen-bond acceptors (Lipinski definition) is 7. The largest absolute Gasteiger partial charge is 0.459 e. The first kappa shape index (κ1) is 21.3. The molecule has 0 saturated carbocycles. The smallest absolute Gasteiger partial charge is 0.328 e. The zero-order valence-electron chi connectivity index (χ0n) is 18.0. The van der Waals surface area contributed by atoms with E-state index >= 15 is 0 Å². The number of fused-ring (bicyclic) bond motifs is 1. The molecule has 10 heteroatoms. The number of ether oxygens (including phenoxy) is 1. The fraction of sp³-hybridized carbons (Fsp3) is 0.273. The molecule has 0 N–H and O–H groups in total. The van der Waals surface area contributed by atoms with E-state index in [9.17, 15) is 14.0 Å². The van der Waals surface area contributed by atoms with Crippen LogP contribution in [-0.4, -0.2) is 46.9 Å². The van der Waals surface area contributed by atoms with Crippen LogP contribution >= 0.6 is 0 Å². The number of halogens is 1. The Morgan fingerprint density at radius 3 is 2.47 bits per heavy atom. The third kappa shape index (κ3) is 4.39. The summed E-state index contributed by atoms with van der Waals surface area (Å²) in [5.74, 6) is -0.966. The Morgan fingerprint density at radius 1 is 1.09 bits per heavy atom. The highest BCUT2D eigenvalue weighted by molar-refractivity contribution is 6.06. The van der Waals surface area contributed by atoms with Gasteiger partial charge in [-0.2, -0.15) is 10.2 Å². The van der Waals surface area contributed by atoms with Crippen LogP contribution in [0, 0.1) is 5.82 Å². The second-order valence-electron chi connectivity index (χ2n) is 8.26. The van der Waals surface area contributed by atoms with Crippen molar-refractivity contribution in [3.8, 4) is 17.1 Å². The maximum absolute atomic E-state index is 13.1. The molecule has 3 aromatic heterocycles. The molecule has 0 amide bonds. The molecular weight excluding hydrogens is 415 g/mol. The van der Waals surface area contributed by atoms with Crippen molar-refractivity contribution in [2.24, 2.45) is 0 Å². The molecule has 4 rings (SSSR count). The number of nitrogens with zero attached hydrogens (tertiary/aromatic N) is 6. The van der Waals surface area contributed by atoms with Crippen molar-refractivity contribution in [2.45, 2.75) is 39.8 Å². The predicted molar refractivity (Wildman–Crippen MR) is 114 cm³/mol. The van der Waals surface area contributed by atoms with Gasteiger partial charge in [0.15, 0.2) is 11.6 Å². The summed E-state index contributed by atoms with van der Waals surface area (Å²) >= 11 is 0. The van der Waals surface area contributed by atoms with Crippen molar-refractivity contribution >= 4 is 22.7 Å². The number of carbonyl (C=O) groups is 2. The average Bonchev–Trinajstić information content (AvgIpc) is 3.32.